The van der Waals surface area contributed by atoms with Crippen molar-refractivity contribution in [2.45, 2.75) is 19.8 Å². The number of aromatic nitrogens is 1. The first-order valence-electron chi connectivity index (χ1n) is 5.26. The maximum atomic E-state index is 11.7. The summed E-state index contributed by atoms with van der Waals surface area (Å²) in [4.78, 5) is 28.2. The number of nitrogens with one attached hydrogen (secondary N) is 2. The molecule has 2 N–H and O–H groups in total. The molecular weight excluding hydrogens is 306 g/mol. The fourth-order valence-corrected chi connectivity index (χ4v) is 2.92. The van der Waals surface area contributed by atoms with Gasteiger partial charge in [0.2, 0.25) is 11.8 Å². The number of rotatable bonds is 3. The predicted molar refractivity (Wildman–Crippen MR) is 68.9 cm³/mol. The van der Waals surface area contributed by atoms with E-state index < -0.39 is 0 Å². The fraction of sp³-hybridized carbons (Fsp3) is 0.500. The van der Waals surface area contributed by atoms with E-state index in [0.717, 1.165) is 15.9 Å². The number of anilines is 1. The van der Waals surface area contributed by atoms with Gasteiger partial charge in [-0.25, -0.2) is 4.98 Å². The van der Waals surface area contributed by atoms with Crippen molar-refractivity contribution in [3.8, 4) is 0 Å². The maximum absolute atomic E-state index is 11.7. The number of halogens is 1. The average molecular weight is 318 g/mol. The van der Waals surface area contributed by atoms with Gasteiger partial charge in [-0.1, -0.05) is 0 Å². The summed E-state index contributed by atoms with van der Waals surface area (Å²) in [5.41, 5.74) is 0. The lowest BCUT2D eigenvalue weighted by molar-refractivity contribution is -0.126. The minimum atomic E-state index is -0.195. The highest BCUT2D eigenvalue weighted by Crippen LogP contribution is 2.26. The van der Waals surface area contributed by atoms with E-state index in [4.69, 9.17) is 0 Å². The van der Waals surface area contributed by atoms with Gasteiger partial charge in [-0.3, -0.25) is 9.59 Å². The Bertz CT molecular complexity index is 441. The quantitative estimate of drug-likeness (QED) is 0.891. The number of hydrogen-bond donors (Lipinski definition) is 2. The highest BCUT2D eigenvalue weighted by molar-refractivity contribution is 9.10. The monoisotopic (exact) mass is 317 g/mol. The number of amides is 2. The van der Waals surface area contributed by atoms with Crippen molar-refractivity contribution in [2.75, 3.05) is 11.9 Å². The second kappa shape index (κ2) is 5.14. The number of carbonyl (C=O) groups excluding carboxylic acids is 2. The van der Waals surface area contributed by atoms with Crippen molar-refractivity contribution in [1.82, 2.24) is 10.3 Å². The van der Waals surface area contributed by atoms with E-state index in [0.29, 0.717) is 11.7 Å². The molecule has 92 valence electrons. The molecule has 0 saturated carbocycles. The van der Waals surface area contributed by atoms with Gasteiger partial charge in [0.05, 0.1) is 0 Å². The second-order valence-electron chi connectivity index (χ2n) is 3.89. The molecule has 1 unspecified atom stereocenters. The summed E-state index contributed by atoms with van der Waals surface area (Å²) in [5, 5.41) is 5.99. The Morgan fingerprint density at radius 3 is 3.00 bits per heavy atom. The lowest BCUT2D eigenvalue weighted by atomic mass is 10.0. The van der Waals surface area contributed by atoms with Crippen LogP contribution in [-0.2, 0) is 9.59 Å². The Hall–Kier alpha value is -0.950. The summed E-state index contributed by atoms with van der Waals surface area (Å²) in [6.45, 7) is 2.58. The summed E-state index contributed by atoms with van der Waals surface area (Å²) >= 11 is 4.70. The lowest BCUT2D eigenvalue weighted by Gasteiger charge is -2.05. The largest absolute Gasteiger partial charge is 0.356 e. The zero-order valence-electron chi connectivity index (χ0n) is 9.25. The van der Waals surface area contributed by atoms with Crippen molar-refractivity contribution in [2.24, 2.45) is 5.92 Å². The summed E-state index contributed by atoms with van der Waals surface area (Å²) in [7, 11) is 0. The molecule has 0 aliphatic carbocycles. The van der Waals surface area contributed by atoms with Gasteiger partial charge in [-0.15, -0.1) is 11.3 Å². The van der Waals surface area contributed by atoms with Gasteiger partial charge in [-0.05, 0) is 29.3 Å². The summed E-state index contributed by atoms with van der Waals surface area (Å²) in [6.07, 6.45) is 0.953. The van der Waals surface area contributed by atoms with E-state index in [9.17, 15) is 9.59 Å². The maximum Gasteiger partial charge on any atom is 0.226 e. The third-order valence-corrected chi connectivity index (χ3v) is 4.50. The van der Waals surface area contributed by atoms with Crippen LogP contribution < -0.4 is 10.6 Å². The predicted octanol–water partition coefficient (Wildman–Crippen LogP) is 1.68. The molecule has 1 fully saturated rings. The van der Waals surface area contributed by atoms with Gasteiger partial charge < -0.3 is 10.6 Å². The topological polar surface area (TPSA) is 71.1 Å². The molecule has 0 bridgehead atoms. The van der Waals surface area contributed by atoms with E-state index in [-0.39, 0.29) is 24.2 Å². The Kier molecular flexibility index (Phi) is 3.78. The third kappa shape index (κ3) is 3.04. The minimum Gasteiger partial charge on any atom is -0.356 e. The summed E-state index contributed by atoms with van der Waals surface area (Å²) in [5.74, 6) is -0.385. The third-order valence-electron chi connectivity index (χ3n) is 2.58. The van der Waals surface area contributed by atoms with Crippen molar-refractivity contribution in [1.29, 1.82) is 0 Å². The minimum absolute atomic E-state index is 0.0309. The van der Waals surface area contributed by atoms with Gasteiger partial charge in [0.1, 0.15) is 4.60 Å². The fourth-order valence-electron chi connectivity index (χ4n) is 1.67. The first-order valence-corrected chi connectivity index (χ1v) is 6.87. The molecule has 1 saturated heterocycles. The zero-order chi connectivity index (χ0) is 12.4. The number of carbonyl (C=O) groups is 2. The highest BCUT2D eigenvalue weighted by atomic mass is 79.9. The number of thiazole rings is 1. The van der Waals surface area contributed by atoms with Crippen molar-refractivity contribution in [3.05, 3.63) is 9.48 Å². The summed E-state index contributed by atoms with van der Waals surface area (Å²) < 4.78 is 0.747. The van der Waals surface area contributed by atoms with Crippen LogP contribution in [0.2, 0.25) is 0 Å². The standard InChI is InChI=1S/C10H12BrN3O2S/c1-5-8(11)14-10(17-5)13-7(15)4-6-2-3-12-9(6)16/h6H,2-4H2,1H3,(H,12,16)(H,13,14,15). The van der Waals surface area contributed by atoms with Crippen LogP contribution in [0, 0.1) is 12.8 Å². The normalized spacial score (nSPS) is 19.2. The first-order chi connectivity index (χ1) is 8.06. The van der Waals surface area contributed by atoms with Gasteiger partial charge in [0, 0.05) is 23.8 Å². The van der Waals surface area contributed by atoms with Crippen LogP contribution in [0.1, 0.15) is 17.7 Å². The van der Waals surface area contributed by atoms with Gasteiger partial charge in [0.15, 0.2) is 5.13 Å². The molecule has 5 nitrogen and oxygen atoms in total. The SMILES string of the molecule is Cc1sc(NC(=O)CC2CCNC2=O)nc1Br. The van der Waals surface area contributed by atoms with E-state index in [2.05, 4.69) is 31.5 Å². The molecule has 17 heavy (non-hydrogen) atoms. The lowest BCUT2D eigenvalue weighted by Crippen LogP contribution is -2.23. The highest BCUT2D eigenvalue weighted by Gasteiger charge is 2.26. The van der Waals surface area contributed by atoms with Crippen molar-refractivity contribution in [3.63, 3.8) is 0 Å². The smallest absolute Gasteiger partial charge is 0.226 e. The average Bonchev–Trinajstić information content (AvgIpc) is 2.76. The van der Waals surface area contributed by atoms with Crippen LogP contribution in [0.4, 0.5) is 5.13 Å². The van der Waals surface area contributed by atoms with Gasteiger partial charge >= 0.3 is 0 Å². The van der Waals surface area contributed by atoms with Crippen LogP contribution >= 0.6 is 27.3 Å². The van der Waals surface area contributed by atoms with E-state index in [1.807, 2.05) is 6.92 Å². The second-order valence-corrected chi connectivity index (χ2v) is 5.85. The molecule has 2 rings (SSSR count). The summed E-state index contributed by atoms with van der Waals surface area (Å²) in [6, 6.07) is 0. The molecular formula is C10H12BrN3O2S. The van der Waals surface area contributed by atoms with E-state index in [1.165, 1.54) is 11.3 Å². The molecule has 1 aliphatic rings. The van der Waals surface area contributed by atoms with Crippen LogP contribution in [-0.4, -0.2) is 23.3 Å². The molecule has 0 aromatic carbocycles. The zero-order valence-corrected chi connectivity index (χ0v) is 11.7. The number of nitrogens with zero attached hydrogens (tertiary/aromatic N) is 1. The molecule has 1 aromatic rings. The van der Waals surface area contributed by atoms with E-state index >= 15 is 0 Å². The van der Waals surface area contributed by atoms with Crippen molar-refractivity contribution >= 4 is 44.2 Å². The van der Waals surface area contributed by atoms with Crippen LogP contribution in [0.15, 0.2) is 4.60 Å². The van der Waals surface area contributed by atoms with Crippen molar-refractivity contribution < 1.29 is 9.59 Å². The Morgan fingerprint density at radius 1 is 1.71 bits per heavy atom. The van der Waals surface area contributed by atoms with Crippen LogP contribution in [0.25, 0.3) is 0 Å². The molecule has 2 heterocycles. The molecule has 1 aliphatic heterocycles. The van der Waals surface area contributed by atoms with Gasteiger partial charge in [-0.2, -0.15) is 0 Å². The Morgan fingerprint density at radius 2 is 2.47 bits per heavy atom. The Balaban J connectivity index is 1.91. The molecule has 0 radical (unpaired) electrons. The number of hydrogen-bond acceptors (Lipinski definition) is 4. The number of aryl methyl sites for hydroxylation is 1. The Labute approximate surface area is 111 Å². The van der Waals surface area contributed by atoms with Gasteiger partial charge in [0.25, 0.3) is 0 Å². The van der Waals surface area contributed by atoms with Crippen LogP contribution in [0.5, 0.6) is 0 Å². The molecule has 7 heteroatoms. The molecule has 0 spiro atoms. The van der Waals surface area contributed by atoms with E-state index in [1.54, 1.807) is 0 Å². The first kappa shape index (κ1) is 12.5. The van der Waals surface area contributed by atoms with Crippen LogP contribution in [0.3, 0.4) is 0 Å². The molecule has 2 amide bonds. The molecule has 1 atom stereocenters. The molecule has 1 aromatic heterocycles.